The van der Waals surface area contributed by atoms with E-state index in [1.807, 2.05) is 49.4 Å². The molecule has 7 nitrogen and oxygen atoms in total. The summed E-state index contributed by atoms with van der Waals surface area (Å²) in [5, 5.41) is 5.76. The molecule has 1 heterocycles. The Morgan fingerprint density at radius 3 is 2.64 bits per heavy atom. The lowest BCUT2D eigenvalue weighted by molar-refractivity contribution is -0.134. The minimum Gasteiger partial charge on any atom is -0.383 e. The topological polar surface area (TPSA) is 96.7 Å². The SMILES string of the molecule is COCC(N)C(=O)N1CCc2c(cccc2NC(=O)Nc2ccc(C)cc2)C1. The van der Waals surface area contributed by atoms with Crippen molar-refractivity contribution < 1.29 is 14.3 Å². The van der Waals surface area contributed by atoms with Crippen LogP contribution in [0, 0.1) is 6.92 Å². The fraction of sp³-hybridized carbons (Fsp3) is 0.333. The maximum atomic E-state index is 12.4. The van der Waals surface area contributed by atoms with Crippen LogP contribution in [0.1, 0.15) is 16.7 Å². The van der Waals surface area contributed by atoms with Gasteiger partial charge in [0.15, 0.2) is 0 Å². The van der Waals surface area contributed by atoms with E-state index in [0.29, 0.717) is 19.5 Å². The molecule has 2 aromatic rings. The number of aryl methyl sites for hydroxylation is 1. The maximum absolute atomic E-state index is 12.4. The third kappa shape index (κ3) is 4.68. The number of hydrogen-bond acceptors (Lipinski definition) is 4. The van der Waals surface area contributed by atoms with Crippen molar-refractivity contribution in [3.8, 4) is 0 Å². The van der Waals surface area contributed by atoms with E-state index >= 15 is 0 Å². The summed E-state index contributed by atoms with van der Waals surface area (Å²) in [6.45, 7) is 3.22. The number of urea groups is 1. The number of nitrogens with zero attached hydrogens (tertiary/aromatic N) is 1. The van der Waals surface area contributed by atoms with Crippen LogP contribution in [0.2, 0.25) is 0 Å². The summed E-state index contributed by atoms with van der Waals surface area (Å²) in [5.74, 6) is -0.122. The predicted molar refractivity (Wildman–Crippen MR) is 109 cm³/mol. The van der Waals surface area contributed by atoms with Crippen molar-refractivity contribution in [1.29, 1.82) is 0 Å². The second-order valence-corrected chi connectivity index (χ2v) is 6.96. The number of nitrogens with one attached hydrogen (secondary N) is 2. The van der Waals surface area contributed by atoms with Gasteiger partial charge in [-0.25, -0.2) is 4.79 Å². The third-order valence-electron chi connectivity index (χ3n) is 4.80. The van der Waals surface area contributed by atoms with Gasteiger partial charge in [0, 0.05) is 31.6 Å². The number of benzene rings is 2. The summed E-state index contributed by atoms with van der Waals surface area (Å²) in [4.78, 5) is 26.5. The highest BCUT2D eigenvalue weighted by Gasteiger charge is 2.26. The van der Waals surface area contributed by atoms with Crippen LogP contribution in [0.25, 0.3) is 0 Å². The van der Waals surface area contributed by atoms with Crippen LogP contribution in [0.4, 0.5) is 16.2 Å². The van der Waals surface area contributed by atoms with E-state index < -0.39 is 6.04 Å². The summed E-state index contributed by atoms with van der Waals surface area (Å²) in [5.41, 5.74) is 10.6. The standard InChI is InChI=1S/C21H26N4O3/c1-14-6-8-16(9-7-14)23-21(27)24-19-5-3-4-15-12-25(11-10-17(15)19)20(26)18(22)13-28-2/h3-9,18H,10-13,22H2,1-2H3,(H2,23,24,27). The molecule has 0 radical (unpaired) electrons. The highest BCUT2D eigenvalue weighted by molar-refractivity contribution is 6.00. The van der Waals surface area contributed by atoms with E-state index in [9.17, 15) is 9.59 Å². The molecule has 1 atom stereocenters. The van der Waals surface area contributed by atoms with Gasteiger partial charge in [-0.05, 0) is 42.7 Å². The molecular formula is C21H26N4O3. The van der Waals surface area contributed by atoms with E-state index in [1.54, 1.807) is 4.90 Å². The Labute approximate surface area is 164 Å². The summed E-state index contributed by atoms with van der Waals surface area (Å²) < 4.78 is 4.98. The van der Waals surface area contributed by atoms with Gasteiger partial charge in [-0.2, -0.15) is 0 Å². The van der Waals surface area contributed by atoms with Crippen molar-refractivity contribution in [3.05, 3.63) is 59.2 Å². The second kappa shape index (κ2) is 8.86. The molecule has 0 bridgehead atoms. The van der Waals surface area contributed by atoms with E-state index in [4.69, 9.17) is 10.5 Å². The van der Waals surface area contributed by atoms with Gasteiger partial charge in [-0.1, -0.05) is 29.8 Å². The first kappa shape index (κ1) is 19.9. The van der Waals surface area contributed by atoms with Crippen LogP contribution >= 0.6 is 0 Å². The summed E-state index contributed by atoms with van der Waals surface area (Å²) >= 11 is 0. The molecule has 0 aromatic heterocycles. The molecule has 0 saturated carbocycles. The molecule has 2 aromatic carbocycles. The summed E-state index contributed by atoms with van der Waals surface area (Å²) in [6, 6.07) is 12.4. The number of methoxy groups -OCH3 is 1. The number of rotatable bonds is 5. The number of carbonyl (C=O) groups is 2. The molecule has 1 aliphatic rings. The van der Waals surface area contributed by atoms with Gasteiger partial charge >= 0.3 is 6.03 Å². The first-order valence-electron chi connectivity index (χ1n) is 9.26. The molecule has 0 saturated heterocycles. The van der Waals surface area contributed by atoms with Crippen molar-refractivity contribution in [3.63, 3.8) is 0 Å². The van der Waals surface area contributed by atoms with Gasteiger partial charge in [0.1, 0.15) is 6.04 Å². The van der Waals surface area contributed by atoms with Crippen LogP contribution < -0.4 is 16.4 Å². The Morgan fingerprint density at radius 1 is 1.18 bits per heavy atom. The van der Waals surface area contributed by atoms with Gasteiger partial charge in [0.05, 0.1) is 6.61 Å². The van der Waals surface area contributed by atoms with Crippen LogP contribution in [0.3, 0.4) is 0 Å². The molecule has 7 heteroatoms. The normalized spacial score (nSPS) is 14.2. The van der Waals surface area contributed by atoms with Crippen molar-refractivity contribution in [2.45, 2.75) is 25.9 Å². The van der Waals surface area contributed by atoms with Gasteiger partial charge in [0.25, 0.3) is 0 Å². The average Bonchev–Trinajstić information content (AvgIpc) is 2.69. The minimum atomic E-state index is -0.659. The number of anilines is 2. The summed E-state index contributed by atoms with van der Waals surface area (Å²) in [6.07, 6.45) is 0.655. The van der Waals surface area contributed by atoms with E-state index in [0.717, 1.165) is 28.1 Å². The zero-order chi connectivity index (χ0) is 20.1. The number of amides is 3. The van der Waals surface area contributed by atoms with Crippen molar-refractivity contribution in [1.82, 2.24) is 4.90 Å². The average molecular weight is 382 g/mol. The zero-order valence-corrected chi connectivity index (χ0v) is 16.2. The Hall–Kier alpha value is -2.90. The number of ether oxygens (including phenoxy) is 1. The number of fused-ring (bicyclic) bond motifs is 1. The largest absolute Gasteiger partial charge is 0.383 e. The molecule has 148 valence electrons. The molecule has 1 unspecified atom stereocenters. The van der Waals surface area contributed by atoms with Crippen LogP contribution in [-0.2, 0) is 22.5 Å². The Kier molecular flexibility index (Phi) is 6.28. The maximum Gasteiger partial charge on any atom is 0.323 e. The Morgan fingerprint density at radius 2 is 1.93 bits per heavy atom. The lowest BCUT2D eigenvalue weighted by Gasteiger charge is -2.31. The van der Waals surface area contributed by atoms with Crippen molar-refractivity contribution in [2.75, 3.05) is 30.9 Å². The predicted octanol–water partition coefficient (Wildman–Crippen LogP) is 2.50. The molecule has 0 spiro atoms. The molecule has 0 fully saturated rings. The van der Waals surface area contributed by atoms with Crippen molar-refractivity contribution in [2.24, 2.45) is 5.73 Å². The lowest BCUT2D eigenvalue weighted by atomic mass is 9.97. The molecule has 0 aliphatic carbocycles. The second-order valence-electron chi connectivity index (χ2n) is 6.96. The molecule has 3 amide bonds. The van der Waals surface area contributed by atoms with Crippen LogP contribution in [0.5, 0.6) is 0 Å². The van der Waals surface area contributed by atoms with Gasteiger partial charge in [0.2, 0.25) is 5.91 Å². The first-order valence-corrected chi connectivity index (χ1v) is 9.26. The monoisotopic (exact) mass is 382 g/mol. The molecule has 4 N–H and O–H groups in total. The molecule has 28 heavy (non-hydrogen) atoms. The van der Waals surface area contributed by atoms with Gasteiger partial charge in [-0.15, -0.1) is 0 Å². The Balaban J connectivity index is 1.67. The van der Waals surface area contributed by atoms with Crippen molar-refractivity contribution >= 4 is 23.3 Å². The highest BCUT2D eigenvalue weighted by atomic mass is 16.5. The van der Waals surface area contributed by atoms with E-state index in [1.165, 1.54) is 7.11 Å². The van der Waals surface area contributed by atoms with E-state index in [2.05, 4.69) is 10.6 Å². The molecule has 1 aliphatic heterocycles. The van der Waals surface area contributed by atoms with E-state index in [-0.39, 0.29) is 18.5 Å². The van der Waals surface area contributed by atoms with Crippen LogP contribution in [0.15, 0.2) is 42.5 Å². The lowest BCUT2D eigenvalue weighted by Crippen LogP contribution is -2.47. The quantitative estimate of drug-likeness (QED) is 0.740. The summed E-state index contributed by atoms with van der Waals surface area (Å²) in [7, 11) is 1.53. The van der Waals surface area contributed by atoms with Gasteiger partial charge in [-0.3, -0.25) is 4.79 Å². The third-order valence-corrected chi connectivity index (χ3v) is 4.80. The molecular weight excluding hydrogens is 356 g/mol. The fourth-order valence-electron chi connectivity index (χ4n) is 3.32. The fourth-order valence-corrected chi connectivity index (χ4v) is 3.32. The number of carbonyl (C=O) groups excluding carboxylic acids is 2. The van der Waals surface area contributed by atoms with Gasteiger partial charge < -0.3 is 26.0 Å². The first-order chi connectivity index (χ1) is 13.5. The smallest absolute Gasteiger partial charge is 0.323 e. The van der Waals surface area contributed by atoms with Crippen LogP contribution in [-0.4, -0.2) is 43.1 Å². The molecule has 3 rings (SSSR count). The zero-order valence-electron chi connectivity index (χ0n) is 16.2. The Bertz CT molecular complexity index is 851. The minimum absolute atomic E-state index is 0.122. The highest BCUT2D eigenvalue weighted by Crippen LogP contribution is 2.26. The number of hydrogen-bond donors (Lipinski definition) is 3. The number of nitrogens with two attached hydrogens (primary N) is 1.